The van der Waals surface area contributed by atoms with Crippen molar-refractivity contribution in [3.05, 3.63) is 69.7 Å². The number of hydrogen-bond donors (Lipinski definition) is 1. The lowest BCUT2D eigenvalue weighted by Gasteiger charge is -2.51. The molecule has 2 aromatic rings. The van der Waals surface area contributed by atoms with E-state index in [1.165, 1.54) is 0 Å². The van der Waals surface area contributed by atoms with Gasteiger partial charge < -0.3 is 14.7 Å². The van der Waals surface area contributed by atoms with Crippen LogP contribution in [-0.2, 0) is 14.3 Å². The number of carboxylic acid groups (broad SMARTS) is 1. The number of piperidine rings is 1. The van der Waals surface area contributed by atoms with Gasteiger partial charge in [-0.25, -0.2) is 0 Å². The maximum Gasteiger partial charge on any atom is 0.304 e. The van der Waals surface area contributed by atoms with E-state index in [4.69, 9.17) is 27.9 Å². The molecule has 1 amide bonds. The second-order valence-electron chi connectivity index (χ2n) is 10.3. The van der Waals surface area contributed by atoms with Crippen molar-refractivity contribution < 1.29 is 19.4 Å². The molecule has 1 N–H and O–H groups in total. The predicted molar refractivity (Wildman–Crippen MR) is 142 cm³/mol. The molecule has 0 bridgehead atoms. The Hall–Kier alpha value is -2.12. The molecule has 2 aliphatic rings. The van der Waals surface area contributed by atoms with Gasteiger partial charge in [0, 0.05) is 41.6 Å². The number of carboxylic acids is 1. The van der Waals surface area contributed by atoms with E-state index in [1.54, 1.807) is 6.92 Å². The van der Waals surface area contributed by atoms with Gasteiger partial charge in [0.25, 0.3) is 0 Å². The highest BCUT2D eigenvalue weighted by Gasteiger charge is 2.51. The number of morpholine rings is 1. The van der Waals surface area contributed by atoms with Crippen molar-refractivity contribution >= 4 is 35.1 Å². The monoisotopic (exact) mass is 532 g/mol. The summed E-state index contributed by atoms with van der Waals surface area (Å²) in [6, 6.07) is 15.0. The van der Waals surface area contributed by atoms with Gasteiger partial charge in [-0.05, 0) is 55.2 Å². The molecule has 4 rings (SSSR count). The van der Waals surface area contributed by atoms with Crippen LogP contribution in [0.15, 0.2) is 48.5 Å². The average molecular weight is 533 g/mol. The van der Waals surface area contributed by atoms with Crippen LogP contribution in [0.25, 0.3) is 0 Å². The number of ether oxygens (including phenoxy) is 1. The maximum absolute atomic E-state index is 14.1. The standard InChI is InChI=1S/C28H34Cl2N2O4/c1-19(10-11-31-12-14-36-15-13-31)32-26(20-6-8-22(29)9-7-20)24(21-4-3-5-23(30)16-21)17-28(2,27(32)35)18-25(33)34/h3-9,16,19,24,26H,10-15,17-18H2,1-2H3,(H,33,34)/t19-,24+,26+,28+/m0/s1. The van der Waals surface area contributed by atoms with Gasteiger partial charge in [-0.2, -0.15) is 0 Å². The van der Waals surface area contributed by atoms with Gasteiger partial charge in [0.1, 0.15) is 0 Å². The first-order valence-corrected chi connectivity index (χ1v) is 13.3. The lowest BCUT2D eigenvalue weighted by molar-refractivity contribution is -0.160. The van der Waals surface area contributed by atoms with Crippen molar-refractivity contribution in [1.82, 2.24) is 9.80 Å². The topological polar surface area (TPSA) is 70.1 Å². The largest absolute Gasteiger partial charge is 0.481 e. The lowest BCUT2D eigenvalue weighted by atomic mass is 9.67. The number of benzene rings is 2. The highest BCUT2D eigenvalue weighted by Crippen LogP contribution is 2.52. The number of likely N-dealkylation sites (tertiary alicyclic amines) is 1. The summed E-state index contributed by atoms with van der Waals surface area (Å²) in [5.41, 5.74) is 0.944. The number of rotatable bonds is 8. The van der Waals surface area contributed by atoms with E-state index in [2.05, 4.69) is 11.8 Å². The Bertz CT molecular complexity index is 1070. The number of carbonyl (C=O) groups excluding carboxylic acids is 1. The number of carbonyl (C=O) groups is 2. The van der Waals surface area contributed by atoms with Crippen LogP contribution in [0.5, 0.6) is 0 Å². The van der Waals surface area contributed by atoms with E-state index in [1.807, 2.05) is 53.4 Å². The third kappa shape index (κ3) is 6.05. The molecular formula is C28H34Cl2N2O4. The zero-order chi connectivity index (χ0) is 25.9. The van der Waals surface area contributed by atoms with Crippen molar-refractivity contribution in [2.24, 2.45) is 5.41 Å². The summed E-state index contributed by atoms with van der Waals surface area (Å²) in [6.07, 6.45) is 0.975. The van der Waals surface area contributed by atoms with E-state index in [-0.39, 0.29) is 30.3 Å². The van der Waals surface area contributed by atoms with E-state index in [9.17, 15) is 14.7 Å². The van der Waals surface area contributed by atoms with E-state index in [0.29, 0.717) is 16.5 Å². The molecule has 0 spiro atoms. The van der Waals surface area contributed by atoms with Crippen LogP contribution in [0.4, 0.5) is 0 Å². The highest BCUT2D eigenvalue weighted by molar-refractivity contribution is 6.30. The first-order chi connectivity index (χ1) is 17.2. The molecule has 6 nitrogen and oxygen atoms in total. The second-order valence-corrected chi connectivity index (χ2v) is 11.2. The fourth-order valence-corrected chi connectivity index (χ4v) is 6.02. The number of halogens is 2. The van der Waals surface area contributed by atoms with Gasteiger partial charge in [0.05, 0.1) is 31.1 Å². The third-order valence-corrected chi connectivity index (χ3v) is 8.06. The Balaban J connectivity index is 1.76. The van der Waals surface area contributed by atoms with Gasteiger partial charge in [0.15, 0.2) is 0 Å². The van der Waals surface area contributed by atoms with Crippen molar-refractivity contribution in [1.29, 1.82) is 0 Å². The first kappa shape index (κ1) is 26.9. The van der Waals surface area contributed by atoms with E-state index >= 15 is 0 Å². The molecule has 36 heavy (non-hydrogen) atoms. The minimum Gasteiger partial charge on any atom is -0.481 e. The van der Waals surface area contributed by atoms with Crippen LogP contribution >= 0.6 is 23.2 Å². The molecule has 0 aliphatic carbocycles. The maximum atomic E-state index is 14.1. The fourth-order valence-electron chi connectivity index (χ4n) is 5.70. The zero-order valence-corrected chi connectivity index (χ0v) is 22.3. The quantitative estimate of drug-likeness (QED) is 0.476. The van der Waals surface area contributed by atoms with Crippen LogP contribution < -0.4 is 0 Å². The van der Waals surface area contributed by atoms with Crippen LogP contribution in [0.2, 0.25) is 10.0 Å². The Morgan fingerprint density at radius 2 is 1.81 bits per heavy atom. The Morgan fingerprint density at radius 1 is 1.11 bits per heavy atom. The SMILES string of the molecule is C[C@@H](CCN1CCOCC1)N1C(=O)[C@@](C)(CC(=O)O)C[C@H](c2cccc(Cl)c2)[C@H]1c1ccc(Cl)cc1. The van der Waals surface area contributed by atoms with E-state index < -0.39 is 11.4 Å². The molecule has 194 valence electrons. The van der Waals surface area contributed by atoms with Gasteiger partial charge in [-0.1, -0.05) is 54.4 Å². The zero-order valence-electron chi connectivity index (χ0n) is 20.8. The summed E-state index contributed by atoms with van der Waals surface area (Å²) in [5, 5.41) is 11.0. The van der Waals surface area contributed by atoms with Gasteiger partial charge in [-0.3, -0.25) is 14.5 Å². The van der Waals surface area contributed by atoms with Gasteiger partial charge >= 0.3 is 5.97 Å². The molecule has 2 fully saturated rings. The molecule has 2 saturated heterocycles. The number of amides is 1. The summed E-state index contributed by atoms with van der Waals surface area (Å²) in [6.45, 7) is 7.91. The number of aliphatic carboxylic acids is 1. The molecule has 0 aromatic heterocycles. The number of nitrogens with zero attached hydrogens (tertiary/aromatic N) is 2. The van der Waals surface area contributed by atoms with Crippen molar-refractivity contribution in [2.45, 2.75) is 51.1 Å². The molecular weight excluding hydrogens is 499 g/mol. The van der Waals surface area contributed by atoms with Crippen LogP contribution in [0.3, 0.4) is 0 Å². The normalized spacial score (nSPS) is 26.1. The predicted octanol–water partition coefficient (Wildman–Crippen LogP) is 5.64. The van der Waals surface area contributed by atoms with Crippen LogP contribution in [0, 0.1) is 5.41 Å². The molecule has 0 saturated carbocycles. The van der Waals surface area contributed by atoms with E-state index in [0.717, 1.165) is 50.4 Å². The fraction of sp³-hybridized carbons (Fsp3) is 0.500. The minimum absolute atomic E-state index is 0.101. The Morgan fingerprint density at radius 3 is 2.44 bits per heavy atom. The van der Waals surface area contributed by atoms with Crippen molar-refractivity contribution in [3.8, 4) is 0 Å². The minimum atomic E-state index is -1.03. The Kier molecular flexibility index (Phi) is 8.61. The van der Waals surface area contributed by atoms with Gasteiger partial charge in [-0.15, -0.1) is 0 Å². The first-order valence-electron chi connectivity index (χ1n) is 12.5. The molecule has 0 unspecified atom stereocenters. The summed E-state index contributed by atoms with van der Waals surface area (Å²) >= 11 is 12.6. The summed E-state index contributed by atoms with van der Waals surface area (Å²) in [5.74, 6) is -1.21. The number of hydrogen-bond acceptors (Lipinski definition) is 4. The smallest absolute Gasteiger partial charge is 0.304 e. The lowest BCUT2D eigenvalue weighted by Crippen LogP contribution is -2.56. The molecule has 2 aliphatic heterocycles. The third-order valence-electron chi connectivity index (χ3n) is 7.57. The van der Waals surface area contributed by atoms with Gasteiger partial charge in [0.2, 0.25) is 5.91 Å². The summed E-state index contributed by atoms with van der Waals surface area (Å²) < 4.78 is 5.48. The molecule has 2 heterocycles. The molecule has 2 aromatic carbocycles. The molecule has 0 radical (unpaired) electrons. The average Bonchev–Trinajstić information content (AvgIpc) is 2.85. The summed E-state index contributed by atoms with van der Waals surface area (Å²) in [4.78, 5) is 30.3. The molecule has 4 atom stereocenters. The van der Waals surface area contributed by atoms with Crippen LogP contribution in [-0.4, -0.2) is 65.7 Å². The second kappa shape index (κ2) is 11.5. The van der Waals surface area contributed by atoms with Crippen LogP contribution in [0.1, 0.15) is 56.2 Å². The molecule has 8 heteroatoms. The van der Waals surface area contributed by atoms with Crippen molar-refractivity contribution in [2.75, 3.05) is 32.8 Å². The highest BCUT2D eigenvalue weighted by atomic mass is 35.5. The summed E-state index contributed by atoms with van der Waals surface area (Å²) in [7, 11) is 0. The Labute approximate surface area is 223 Å². The van der Waals surface area contributed by atoms with Crippen molar-refractivity contribution in [3.63, 3.8) is 0 Å².